The zero-order valence-corrected chi connectivity index (χ0v) is 6.26. The van der Waals surface area contributed by atoms with E-state index in [9.17, 15) is 8.42 Å². The van der Waals surface area contributed by atoms with Crippen molar-refractivity contribution in [2.45, 2.75) is 18.9 Å². The van der Waals surface area contributed by atoms with Gasteiger partial charge < -0.3 is 0 Å². The maximum atomic E-state index is 10.4. The summed E-state index contributed by atoms with van der Waals surface area (Å²) >= 11 is 0. The lowest BCUT2D eigenvalue weighted by molar-refractivity contribution is 0.559. The van der Waals surface area contributed by atoms with E-state index >= 15 is 0 Å². The van der Waals surface area contributed by atoms with E-state index < -0.39 is 10.2 Å². The van der Waals surface area contributed by atoms with Crippen LogP contribution in [0.1, 0.15) is 12.8 Å². The van der Waals surface area contributed by atoms with E-state index in [1.807, 2.05) is 12.2 Å². The predicted octanol–water partition coefficient (Wildman–Crippen LogP) is -0.502. The van der Waals surface area contributed by atoms with Gasteiger partial charge in [-0.3, -0.25) is 0 Å². The summed E-state index contributed by atoms with van der Waals surface area (Å²) < 4.78 is 23.2. The minimum Gasteiger partial charge on any atom is -0.216 e. The van der Waals surface area contributed by atoms with Crippen molar-refractivity contribution in [2.75, 3.05) is 0 Å². The minimum absolute atomic E-state index is 0.0185. The lowest BCUT2D eigenvalue weighted by Crippen LogP contribution is -2.37. The molecule has 0 atom stereocenters. The summed E-state index contributed by atoms with van der Waals surface area (Å²) in [6.07, 6.45) is 5.36. The first-order valence-corrected chi connectivity index (χ1v) is 4.57. The van der Waals surface area contributed by atoms with Gasteiger partial charge in [0, 0.05) is 6.04 Å². The molecule has 0 amide bonds. The molecule has 0 bridgehead atoms. The Kier molecular flexibility index (Phi) is 2.08. The summed E-state index contributed by atoms with van der Waals surface area (Å²) in [6, 6.07) is -0.0185. The van der Waals surface area contributed by atoms with Gasteiger partial charge in [-0.15, -0.1) is 0 Å². The molecule has 0 aromatic rings. The maximum absolute atomic E-state index is 10.4. The lowest BCUT2D eigenvalue weighted by Gasteiger charge is -2.07. The molecule has 0 aromatic heterocycles. The second-order valence-electron chi connectivity index (χ2n) is 2.30. The van der Waals surface area contributed by atoms with Gasteiger partial charge in [-0.25, -0.2) is 5.14 Å². The molecule has 0 saturated heterocycles. The summed E-state index contributed by atoms with van der Waals surface area (Å²) in [4.78, 5) is 0. The number of hydrogen-bond acceptors (Lipinski definition) is 2. The Labute approximate surface area is 60.3 Å². The van der Waals surface area contributed by atoms with Crippen molar-refractivity contribution >= 4 is 10.2 Å². The Morgan fingerprint density at radius 3 is 2.30 bits per heavy atom. The van der Waals surface area contributed by atoms with Crippen LogP contribution in [0.2, 0.25) is 0 Å². The molecule has 0 saturated carbocycles. The molecule has 1 aliphatic rings. The quantitative estimate of drug-likeness (QED) is 0.537. The third-order valence-corrected chi connectivity index (χ3v) is 2.00. The highest BCUT2D eigenvalue weighted by Crippen LogP contribution is 2.08. The molecule has 1 rings (SSSR count). The fraction of sp³-hybridized carbons (Fsp3) is 0.600. The van der Waals surface area contributed by atoms with Crippen LogP contribution in [0.4, 0.5) is 0 Å². The largest absolute Gasteiger partial charge is 0.274 e. The van der Waals surface area contributed by atoms with Gasteiger partial charge in [0.2, 0.25) is 0 Å². The summed E-state index contributed by atoms with van der Waals surface area (Å²) in [5.74, 6) is 0. The van der Waals surface area contributed by atoms with Gasteiger partial charge in [0.05, 0.1) is 0 Å². The zero-order chi connectivity index (χ0) is 7.61. The molecule has 58 valence electrons. The van der Waals surface area contributed by atoms with Crippen LogP contribution in [0.5, 0.6) is 0 Å². The van der Waals surface area contributed by atoms with Crippen LogP contribution in [0.15, 0.2) is 12.2 Å². The third-order valence-electron chi connectivity index (χ3n) is 1.34. The van der Waals surface area contributed by atoms with Crippen molar-refractivity contribution in [3.05, 3.63) is 12.2 Å². The molecular weight excluding hydrogens is 152 g/mol. The number of hydrogen-bond donors (Lipinski definition) is 2. The Balaban J connectivity index is 2.41. The smallest absolute Gasteiger partial charge is 0.216 e. The molecule has 0 aromatic carbocycles. The van der Waals surface area contributed by atoms with Crippen LogP contribution in [-0.2, 0) is 10.2 Å². The van der Waals surface area contributed by atoms with E-state index in [-0.39, 0.29) is 6.04 Å². The first-order valence-electron chi connectivity index (χ1n) is 3.03. The first kappa shape index (κ1) is 7.71. The van der Waals surface area contributed by atoms with Crippen LogP contribution in [-0.4, -0.2) is 14.5 Å². The summed E-state index contributed by atoms with van der Waals surface area (Å²) in [5, 5.41) is 4.75. The summed E-state index contributed by atoms with van der Waals surface area (Å²) in [7, 11) is -3.50. The molecule has 5 heteroatoms. The Hall–Kier alpha value is -0.390. The second-order valence-corrected chi connectivity index (χ2v) is 3.63. The van der Waals surface area contributed by atoms with Gasteiger partial charge in [0.25, 0.3) is 10.2 Å². The van der Waals surface area contributed by atoms with E-state index in [0.717, 1.165) is 12.8 Å². The van der Waals surface area contributed by atoms with Gasteiger partial charge in [-0.05, 0) is 12.8 Å². The summed E-state index contributed by atoms with van der Waals surface area (Å²) in [5.41, 5.74) is 0. The topological polar surface area (TPSA) is 72.2 Å². The van der Waals surface area contributed by atoms with Crippen LogP contribution in [0.3, 0.4) is 0 Å². The van der Waals surface area contributed by atoms with Crippen molar-refractivity contribution in [2.24, 2.45) is 5.14 Å². The predicted molar refractivity (Wildman–Crippen MR) is 38.4 cm³/mol. The van der Waals surface area contributed by atoms with Gasteiger partial charge in [0.1, 0.15) is 0 Å². The van der Waals surface area contributed by atoms with Crippen molar-refractivity contribution < 1.29 is 8.42 Å². The monoisotopic (exact) mass is 162 g/mol. The Morgan fingerprint density at radius 1 is 1.40 bits per heavy atom. The average Bonchev–Trinajstić information content (AvgIpc) is 2.12. The van der Waals surface area contributed by atoms with Gasteiger partial charge in [0.15, 0.2) is 0 Å². The molecular formula is C5H10N2O2S. The first-order chi connectivity index (χ1) is 4.58. The van der Waals surface area contributed by atoms with Gasteiger partial charge >= 0.3 is 0 Å². The minimum atomic E-state index is -3.50. The van der Waals surface area contributed by atoms with E-state index in [0.29, 0.717) is 0 Å². The molecule has 0 spiro atoms. The molecule has 0 heterocycles. The highest BCUT2D eigenvalue weighted by atomic mass is 32.2. The van der Waals surface area contributed by atoms with E-state index in [1.54, 1.807) is 0 Å². The highest BCUT2D eigenvalue weighted by Gasteiger charge is 2.13. The van der Waals surface area contributed by atoms with Crippen molar-refractivity contribution in [1.29, 1.82) is 0 Å². The fourth-order valence-corrected chi connectivity index (χ4v) is 1.60. The number of nitrogens with one attached hydrogen (secondary N) is 1. The third kappa shape index (κ3) is 2.47. The Bertz CT molecular complexity index is 224. The molecule has 0 fully saturated rings. The van der Waals surface area contributed by atoms with Crippen LogP contribution >= 0.6 is 0 Å². The molecule has 3 N–H and O–H groups in total. The molecule has 1 aliphatic carbocycles. The molecule has 0 unspecified atom stereocenters. The standard InChI is InChI=1S/C5H10N2O2S/c6-10(8,9)7-5-3-1-2-4-5/h1-2,5,7H,3-4H2,(H2,6,8,9). The highest BCUT2D eigenvalue weighted by molar-refractivity contribution is 7.87. The molecule has 0 radical (unpaired) electrons. The van der Waals surface area contributed by atoms with Crippen molar-refractivity contribution in [1.82, 2.24) is 4.72 Å². The number of nitrogens with two attached hydrogens (primary N) is 1. The molecule has 4 nitrogen and oxygen atoms in total. The van der Waals surface area contributed by atoms with Crippen molar-refractivity contribution in [3.63, 3.8) is 0 Å². The van der Waals surface area contributed by atoms with Crippen LogP contribution in [0, 0.1) is 0 Å². The van der Waals surface area contributed by atoms with Gasteiger partial charge in [-0.1, -0.05) is 12.2 Å². The van der Waals surface area contributed by atoms with E-state index in [2.05, 4.69) is 4.72 Å². The summed E-state index contributed by atoms with van der Waals surface area (Å²) in [6.45, 7) is 0. The van der Waals surface area contributed by atoms with Gasteiger partial charge in [-0.2, -0.15) is 13.1 Å². The van der Waals surface area contributed by atoms with Crippen LogP contribution < -0.4 is 9.86 Å². The normalized spacial score (nSPS) is 20.1. The van der Waals surface area contributed by atoms with E-state index in [1.165, 1.54) is 0 Å². The Morgan fingerprint density at radius 2 is 1.90 bits per heavy atom. The molecule has 0 aliphatic heterocycles. The lowest BCUT2D eigenvalue weighted by atomic mass is 10.3. The number of rotatable bonds is 2. The SMILES string of the molecule is NS(=O)(=O)NC1CC=CC1. The maximum Gasteiger partial charge on any atom is 0.274 e. The second kappa shape index (κ2) is 2.69. The zero-order valence-electron chi connectivity index (χ0n) is 5.45. The van der Waals surface area contributed by atoms with Crippen molar-refractivity contribution in [3.8, 4) is 0 Å². The average molecular weight is 162 g/mol. The fourth-order valence-electron chi connectivity index (χ4n) is 0.946. The van der Waals surface area contributed by atoms with E-state index in [4.69, 9.17) is 5.14 Å². The van der Waals surface area contributed by atoms with Crippen LogP contribution in [0.25, 0.3) is 0 Å². The molecule has 10 heavy (non-hydrogen) atoms.